The van der Waals surface area contributed by atoms with E-state index in [0.717, 1.165) is 17.8 Å². The van der Waals surface area contributed by atoms with E-state index in [4.69, 9.17) is 5.73 Å². The molecule has 2 fully saturated rings. The Balaban J connectivity index is 1.73. The number of hydrogen-bond acceptors (Lipinski definition) is 1. The molecule has 4 atom stereocenters. The largest absolute Gasteiger partial charge is 0.324 e. The fourth-order valence-electron chi connectivity index (χ4n) is 4.52. The molecule has 0 radical (unpaired) electrons. The first-order chi connectivity index (χ1) is 8.65. The van der Waals surface area contributed by atoms with E-state index >= 15 is 0 Å². The van der Waals surface area contributed by atoms with Crippen molar-refractivity contribution < 1.29 is 0 Å². The molecule has 1 aromatic carbocycles. The highest BCUT2D eigenvalue weighted by Gasteiger charge is 2.39. The van der Waals surface area contributed by atoms with Crippen molar-refractivity contribution in [1.29, 1.82) is 0 Å². The molecule has 0 amide bonds. The molecule has 1 heteroatoms. The molecule has 2 aliphatic rings. The van der Waals surface area contributed by atoms with Crippen LogP contribution in [0.2, 0.25) is 0 Å². The van der Waals surface area contributed by atoms with Crippen molar-refractivity contribution in [3.05, 3.63) is 34.9 Å². The lowest BCUT2D eigenvalue weighted by Gasteiger charge is -2.26. The first kappa shape index (κ1) is 12.2. The molecular formula is C17H25N. The number of aryl methyl sites for hydroxylation is 2. The SMILES string of the molecule is Cc1cccc(C)c1C(N)CC1CC2CCC1C2. The summed E-state index contributed by atoms with van der Waals surface area (Å²) in [5.41, 5.74) is 10.6. The molecule has 3 rings (SSSR count). The Hall–Kier alpha value is -0.820. The molecule has 18 heavy (non-hydrogen) atoms. The standard InChI is InChI=1S/C17H25N/c1-11-4-3-5-12(2)17(11)16(18)10-15-9-13-6-7-14(15)8-13/h3-5,13-16H,6-10,18H2,1-2H3. The number of benzene rings is 1. The van der Waals surface area contributed by atoms with Gasteiger partial charge in [0, 0.05) is 6.04 Å². The van der Waals surface area contributed by atoms with Crippen LogP contribution in [0.4, 0.5) is 0 Å². The van der Waals surface area contributed by atoms with Crippen LogP contribution in [0.25, 0.3) is 0 Å². The lowest BCUT2D eigenvalue weighted by molar-refractivity contribution is 0.295. The van der Waals surface area contributed by atoms with Crippen LogP contribution in [0.1, 0.15) is 54.8 Å². The lowest BCUT2D eigenvalue weighted by atomic mass is 9.81. The minimum absolute atomic E-state index is 0.246. The summed E-state index contributed by atoms with van der Waals surface area (Å²) >= 11 is 0. The molecule has 0 spiro atoms. The molecule has 1 nitrogen and oxygen atoms in total. The normalized spacial score (nSPS) is 31.8. The zero-order valence-corrected chi connectivity index (χ0v) is 11.7. The summed E-state index contributed by atoms with van der Waals surface area (Å²) in [7, 11) is 0. The molecule has 0 aliphatic heterocycles. The Morgan fingerprint density at radius 3 is 2.44 bits per heavy atom. The van der Waals surface area contributed by atoms with Crippen LogP contribution in [0.15, 0.2) is 18.2 Å². The summed E-state index contributed by atoms with van der Waals surface area (Å²) in [6.07, 6.45) is 7.09. The quantitative estimate of drug-likeness (QED) is 0.848. The summed E-state index contributed by atoms with van der Waals surface area (Å²) in [4.78, 5) is 0. The Morgan fingerprint density at radius 1 is 1.17 bits per heavy atom. The maximum Gasteiger partial charge on any atom is 0.0302 e. The third-order valence-corrected chi connectivity index (χ3v) is 5.35. The number of hydrogen-bond donors (Lipinski definition) is 1. The summed E-state index contributed by atoms with van der Waals surface area (Å²) in [6.45, 7) is 4.39. The van der Waals surface area contributed by atoms with E-state index in [9.17, 15) is 0 Å². The molecule has 2 saturated carbocycles. The highest BCUT2D eigenvalue weighted by atomic mass is 14.6. The predicted molar refractivity (Wildman–Crippen MR) is 76.4 cm³/mol. The van der Waals surface area contributed by atoms with Gasteiger partial charge in [0.2, 0.25) is 0 Å². The zero-order chi connectivity index (χ0) is 12.7. The van der Waals surface area contributed by atoms with Gasteiger partial charge in [0.1, 0.15) is 0 Å². The lowest BCUT2D eigenvalue weighted by Crippen LogP contribution is -2.21. The van der Waals surface area contributed by atoms with Crippen molar-refractivity contribution in [2.75, 3.05) is 0 Å². The van der Waals surface area contributed by atoms with Crippen LogP contribution in [-0.4, -0.2) is 0 Å². The van der Waals surface area contributed by atoms with Gasteiger partial charge in [-0.3, -0.25) is 0 Å². The van der Waals surface area contributed by atoms with Gasteiger partial charge in [0.05, 0.1) is 0 Å². The molecule has 0 aromatic heterocycles. The van der Waals surface area contributed by atoms with Crippen molar-refractivity contribution in [3.8, 4) is 0 Å². The third kappa shape index (κ3) is 2.09. The Kier molecular flexibility index (Phi) is 3.19. The van der Waals surface area contributed by atoms with E-state index < -0.39 is 0 Å². The van der Waals surface area contributed by atoms with Crippen LogP contribution in [-0.2, 0) is 0 Å². The zero-order valence-electron chi connectivity index (χ0n) is 11.7. The summed E-state index contributed by atoms with van der Waals surface area (Å²) in [5, 5.41) is 0. The summed E-state index contributed by atoms with van der Waals surface area (Å²) in [6, 6.07) is 6.78. The van der Waals surface area contributed by atoms with Crippen molar-refractivity contribution in [3.63, 3.8) is 0 Å². The second kappa shape index (κ2) is 4.70. The second-order valence-corrected chi connectivity index (χ2v) is 6.58. The van der Waals surface area contributed by atoms with Crippen molar-refractivity contribution in [1.82, 2.24) is 0 Å². The molecular weight excluding hydrogens is 218 g/mol. The Morgan fingerprint density at radius 2 is 1.89 bits per heavy atom. The van der Waals surface area contributed by atoms with Gasteiger partial charge in [-0.25, -0.2) is 0 Å². The molecule has 1 aromatic rings. The topological polar surface area (TPSA) is 26.0 Å². The fraction of sp³-hybridized carbons (Fsp3) is 0.647. The maximum atomic E-state index is 6.51. The Labute approximate surface area is 111 Å². The van der Waals surface area contributed by atoms with Gasteiger partial charge in [-0.2, -0.15) is 0 Å². The predicted octanol–water partition coefficient (Wildman–Crippen LogP) is 4.13. The molecule has 0 saturated heterocycles. The Bertz CT molecular complexity index is 417. The monoisotopic (exact) mass is 243 g/mol. The molecule has 2 bridgehead atoms. The van der Waals surface area contributed by atoms with Crippen LogP contribution in [0.3, 0.4) is 0 Å². The van der Waals surface area contributed by atoms with Gasteiger partial charge in [-0.1, -0.05) is 24.6 Å². The van der Waals surface area contributed by atoms with E-state index in [0.29, 0.717) is 0 Å². The molecule has 4 unspecified atom stereocenters. The highest BCUT2D eigenvalue weighted by Crippen LogP contribution is 2.50. The minimum atomic E-state index is 0.246. The molecule has 98 valence electrons. The molecule has 2 N–H and O–H groups in total. The van der Waals surface area contributed by atoms with Crippen molar-refractivity contribution >= 4 is 0 Å². The van der Waals surface area contributed by atoms with E-state index in [2.05, 4.69) is 32.0 Å². The van der Waals surface area contributed by atoms with Gasteiger partial charge in [-0.05, 0) is 74.0 Å². The molecule has 2 aliphatic carbocycles. The average Bonchev–Trinajstić information content (AvgIpc) is 2.90. The smallest absolute Gasteiger partial charge is 0.0302 e. The third-order valence-electron chi connectivity index (χ3n) is 5.35. The van der Waals surface area contributed by atoms with E-state index in [1.807, 2.05) is 0 Å². The van der Waals surface area contributed by atoms with Crippen LogP contribution in [0, 0.1) is 31.6 Å². The molecule has 0 heterocycles. The number of nitrogens with two attached hydrogens (primary N) is 1. The van der Waals surface area contributed by atoms with E-state index in [-0.39, 0.29) is 6.04 Å². The second-order valence-electron chi connectivity index (χ2n) is 6.58. The van der Waals surface area contributed by atoms with E-state index in [1.165, 1.54) is 48.8 Å². The van der Waals surface area contributed by atoms with Crippen LogP contribution >= 0.6 is 0 Å². The fourth-order valence-corrected chi connectivity index (χ4v) is 4.52. The van der Waals surface area contributed by atoms with Gasteiger partial charge in [0.15, 0.2) is 0 Å². The summed E-state index contributed by atoms with van der Waals surface area (Å²) < 4.78 is 0. The van der Waals surface area contributed by atoms with Crippen LogP contribution in [0.5, 0.6) is 0 Å². The van der Waals surface area contributed by atoms with Crippen molar-refractivity contribution in [2.45, 2.75) is 52.0 Å². The first-order valence-corrected chi connectivity index (χ1v) is 7.47. The summed E-state index contributed by atoms with van der Waals surface area (Å²) in [5.74, 6) is 2.92. The first-order valence-electron chi connectivity index (χ1n) is 7.47. The van der Waals surface area contributed by atoms with Crippen molar-refractivity contribution in [2.24, 2.45) is 23.5 Å². The van der Waals surface area contributed by atoms with Gasteiger partial charge >= 0.3 is 0 Å². The van der Waals surface area contributed by atoms with Crippen LogP contribution < -0.4 is 5.73 Å². The van der Waals surface area contributed by atoms with Gasteiger partial charge < -0.3 is 5.73 Å². The highest BCUT2D eigenvalue weighted by molar-refractivity contribution is 5.36. The minimum Gasteiger partial charge on any atom is -0.324 e. The number of fused-ring (bicyclic) bond motifs is 2. The number of rotatable bonds is 3. The maximum absolute atomic E-state index is 6.51. The van der Waals surface area contributed by atoms with Gasteiger partial charge in [-0.15, -0.1) is 0 Å². The van der Waals surface area contributed by atoms with Gasteiger partial charge in [0.25, 0.3) is 0 Å². The average molecular weight is 243 g/mol. The van der Waals surface area contributed by atoms with E-state index in [1.54, 1.807) is 0 Å².